The topological polar surface area (TPSA) is 72.0 Å². The van der Waals surface area contributed by atoms with Crippen molar-refractivity contribution in [1.82, 2.24) is 4.98 Å². The molecule has 4 nitrogen and oxygen atoms in total. The average Bonchev–Trinajstić information content (AvgIpc) is 2.29. The SMILES string of the molecule is N=C(N)c1cc(Oc2cccc(Br)c2)ccn1. The molecule has 5 heteroatoms. The number of halogens is 1. The van der Waals surface area contributed by atoms with E-state index in [0.717, 1.165) is 4.47 Å². The Morgan fingerprint density at radius 2 is 2.00 bits per heavy atom. The van der Waals surface area contributed by atoms with Crippen molar-refractivity contribution in [2.24, 2.45) is 5.73 Å². The van der Waals surface area contributed by atoms with E-state index < -0.39 is 0 Å². The van der Waals surface area contributed by atoms with Gasteiger partial charge < -0.3 is 10.5 Å². The zero-order chi connectivity index (χ0) is 12.3. The van der Waals surface area contributed by atoms with Crippen LogP contribution >= 0.6 is 15.9 Å². The van der Waals surface area contributed by atoms with Crippen LogP contribution < -0.4 is 10.5 Å². The van der Waals surface area contributed by atoms with E-state index in [1.54, 1.807) is 18.3 Å². The standard InChI is InChI=1S/C12H10BrN3O/c13-8-2-1-3-9(6-8)17-10-4-5-16-11(7-10)12(14)15/h1-7H,(H3,14,15). The summed E-state index contributed by atoms with van der Waals surface area (Å²) in [5.41, 5.74) is 5.76. The fourth-order valence-electron chi connectivity index (χ4n) is 1.29. The van der Waals surface area contributed by atoms with Crippen LogP contribution in [-0.4, -0.2) is 10.8 Å². The lowest BCUT2D eigenvalue weighted by Crippen LogP contribution is -2.12. The highest BCUT2D eigenvalue weighted by Crippen LogP contribution is 2.24. The van der Waals surface area contributed by atoms with Gasteiger partial charge in [0, 0.05) is 16.7 Å². The molecule has 0 atom stereocenters. The molecule has 1 aromatic heterocycles. The van der Waals surface area contributed by atoms with Gasteiger partial charge in [-0.05, 0) is 24.3 Å². The number of benzene rings is 1. The Morgan fingerprint density at radius 3 is 2.71 bits per heavy atom. The van der Waals surface area contributed by atoms with Gasteiger partial charge in [0.15, 0.2) is 0 Å². The van der Waals surface area contributed by atoms with Crippen molar-refractivity contribution in [2.75, 3.05) is 0 Å². The summed E-state index contributed by atoms with van der Waals surface area (Å²) in [6.07, 6.45) is 1.56. The van der Waals surface area contributed by atoms with E-state index in [2.05, 4.69) is 20.9 Å². The number of nitrogen functional groups attached to an aromatic ring is 1. The van der Waals surface area contributed by atoms with Crippen LogP contribution in [-0.2, 0) is 0 Å². The summed E-state index contributed by atoms with van der Waals surface area (Å²) < 4.78 is 6.57. The van der Waals surface area contributed by atoms with Crippen LogP contribution in [0.2, 0.25) is 0 Å². The molecule has 0 amide bonds. The van der Waals surface area contributed by atoms with Gasteiger partial charge in [-0.2, -0.15) is 0 Å². The van der Waals surface area contributed by atoms with Crippen LogP contribution in [0.1, 0.15) is 5.69 Å². The third kappa shape index (κ3) is 3.04. The van der Waals surface area contributed by atoms with E-state index >= 15 is 0 Å². The number of nitrogens with zero attached hydrogens (tertiary/aromatic N) is 1. The second-order valence-corrected chi connectivity index (χ2v) is 4.27. The van der Waals surface area contributed by atoms with Crippen molar-refractivity contribution in [2.45, 2.75) is 0 Å². The molecule has 0 radical (unpaired) electrons. The highest BCUT2D eigenvalue weighted by Gasteiger charge is 2.02. The smallest absolute Gasteiger partial charge is 0.141 e. The third-order valence-electron chi connectivity index (χ3n) is 2.04. The molecule has 1 heterocycles. The number of nitrogens with one attached hydrogen (secondary N) is 1. The number of hydrogen-bond acceptors (Lipinski definition) is 3. The fourth-order valence-corrected chi connectivity index (χ4v) is 1.67. The maximum absolute atomic E-state index is 7.30. The quantitative estimate of drug-likeness (QED) is 0.675. The van der Waals surface area contributed by atoms with Crippen molar-refractivity contribution >= 4 is 21.8 Å². The molecule has 0 bridgehead atoms. The molecule has 0 saturated carbocycles. The lowest BCUT2D eigenvalue weighted by molar-refractivity contribution is 0.481. The van der Waals surface area contributed by atoms with Gasteiger partial charge in [-0.1, -0.05) is 22.0 Å². The van der Waals surface area contributed by atoms with E-state index in [-0.39, 0.29) is 5.84 Å². The third-order valence-corrected chi connectivity index (χ3v) is 2.53. The number of pyridine rings is 1. The minimum absolute atomic E-state index is 0.0790. The molecule has 0 aliphatic rings. The molecule has 17 heavy (non-hydrogen) atoms. The highest BCUT2D eigenvalue weighted by molar-refractivity contribution is 9.10. The van der Waals surface area contributed by atoms with E-state index in [4.69, 9.17) is 15.9 Å². The summed E-state index contributed by atoms with van der Waals surface area (Å²) >= 11 is 3.37. The first-order chi connectivity index (χ1) is 8.15. The predicted octanol–water partition coefficient (Wildman–Crippen LogP) is 2.92. The molecule has 2 aromatic rings. The molecular weight excluding hydrogens is 282 g/mol. The summed E-state index contributed by atoms with van der Waals surface area (Å²) in [5, 5.41) is 7.30. The lowest BCUT2D eigenvalue weighted by atomic mass is 10.3. The number of hydrogen-bond donors (Lipinski definition) is 2. The maximum Gasteiger partial charge on any atom is 0.141 e. The molecule has 86 valence electrons. The molecule has 0 saturated heterocycles. The zero-order valence-corrected chi connectivity index (χ0v) is 10.4. The molecule has 0 aliphatic carbocycles. The van der Waals surface area contributed by atoms with E-state index in [1.165, 1.54) is 0 Å². The van der Waals surface area contributed by atoms with Gasteiger partial charge >= 0.3 is 0 Å². The van der Waals surface area contributed by atoms with Crippen molar-refractivity contribution < 1.29 is 4.74 Å². The second-order valence-electron chi connectivity index (χ2n) is 3.35. The van der Waals surface area contributed by atoms with E-state index in [9.17, 15) is 0 Å². The zero-order valence-electron chi connectivity index (χ0n) is 8.85. The number of nitrogens with two attached hydrogens (primary N) is 1. The highest BCUT2D eigenvalue weighted by atomic mass is 79.9. The first kappa shape index (κ1) is 11.6. The Balaban J connectivity index is 2.24. The minimum atomic E-state index is -0.0790. The maximum atomic E-state index is 7.30. The van der Waals surface area contributed by atoms with Crippen molar-refractivity contribution in [3.8, 4) is 11.5 Å². The van der Waals surface area contributed by atoms with E-state index in [0.29, 0.717) is 17.2 Å². The Bertz CT molecular complexity index is 557. The summed E-state index contributed by atoms with van der Waals surface area (Å²) in [5.74, 6) is 1.23. The Labute approximate surface area is 107 Å². The number of amidine groups is 1. The van der Waals surface area contributed by atoms with Crippen LogP contribution in [0.25, 0.3) is 0 Å². The van der Waals surface area contributed by atoms with Gasteiger partial charge in [0.2, 0.25) is 0 Å². The van der Waals surface area contributed by atoms with Gasteiger partial charge in [-0.15, -0.1) is 0 Å². The first-order valence-electron chi connectivity index (χ1n) is 4.89. The summed E-state index contributed by atoms with van der Waals surface area (Å²) in [6, 6.07) is 10.8. The second kappa shape index (κ2) is 4.97. The van der Waals surface area contributed by atoms with E-state index in [1.807, 2.05) is 24.3 Å². The van der Waals surface area contributed by atoms with Gasteiger partial charge in [-0.25, -0.2) is 0 Å². The van der Waals surface area contributed by atoms with Crippen molar-refractivity contribution in [3.63, 3.8) is 0 Å². The lowest BCUT2D eigenvalue weighted by Gasteiger charge is -2.06. The average molecular weight is 292 g/mol. The summed E-state index contributed by atoms with van der Waals surface area (Å²) in [7, 11) is 0. The number of ether oxygens (including phenoxy) is 1. The normalized spacial score (nSPS) is 9.94. The Morgan fingerprint density at radius 1 is 1.24 bits per heavy atom. The number of rotatable bonds is 3. The molecule has 0 fully saturated rings. The van der Waals surface area contributed by atoms with Crippen LogP contribution in [0.3, 0.4) is 0 Å². The fraction of sp³-hybridized carbons (Fsp3) is 0. The summed E-state index contributed by atoms with van der Waals surface area (Å²) in [6.45, 7) is 0. The van der Waals surface area contributed by atoms with Crippen LogP contribution in [0.5, 0.6) is 11.5 Å². The van der Waals surface area contributed by atoms with Crippen LogP contribution in [0, 0.1) is 5.41 Å². The molecule has 2 rings (SSSR count). The molecule has 1 aromatic carbocycles. The van der Waals surface area contributed by atoms with Crippen molar-refractivity contribution in [3.05, 3.63) is 52.8 Å². The molecular formula is C12H10BrN3O. The molecule has 0 aliphatic heterocycles. The Kier molecular flexibility index (Phi) is 3.39. The van der Waals surface area contributed by atoms with Gasteiger partial charge in [-0.3, -0.25) is 10.4 Å². The Hall–Kier alpha value is -1.88. The van der Waals surface area contributed by atoms with Crippen LogP contribution in [0.15, 0.2) is 47.1 Å². The van der Waals surface area contributed by atoms with Gasteiger partial charge in [0.25, 0.3) is 0 Å². The molecule has 0 unspecified atom stereocenters. The minimum Gasteiger partial charge on any atom is -0.457 e. The predicted molar refractivity (Wildman–Crippen MR) is 69.5 cm³/mol. The van der Waals surface area contributed by atoms with Crippen LogP contribution in [0.4, 0.5) is 0 Å². The molecule has 0 spiro atoms. The van der Waals surface area contributed by atoms with Crippen molar-refractivity contribution in [1.29, 1.82) is 5.41 Å². The monoisotopic (exact) mass is 291 g/mol. The largest absolute Gasteiger partial charge is 0.457 e. The molecule has 3 N–H and O–H groups in total. The summed E-state index contributed by atoms with van der Waals surface area (Å²) in [4.78, 5) is 3.96. The number of aromatic nitrogens is 1. The van der Waals surface area contributed by atoms with Gasteiger partial charge in [0.1, 0.15) is 23.0 Å². The first-order valence-corrected chi connectivity index (χ1v) is 5.68. The van der Waals surface area contributed by atoms with Gasteiger partial charge in [0.05, 0.1) is 0 Å².